The Kier molecular flexibility index (Phi) is 5.38. The molecular weight excluding hydrogens is 410 g/mol. The minimum absolute atomic E-state index is 0.00561. The van der Waals surface area contributed by atoms with Gasteiger partial charge in [0.1, 0.15) is 5.78 Å². The minimum atomic E-state index is -0.982. The van der Waals surface area contributed by atoms with Gasteiger partial charge in [-0.15, -0.1) is 0 Å². The lowest BCUT2D eigenvalue weighted by atomic mass is 9.88. The Bertz CT molecular complexity index is 1150. The minimum Gasteiger partial charge on any atom is -0.304 e. The van der Waals surface area contributed by atoms with E-state index in [-0.39, 0.29) is 41.6 Å². The number of hydrogen-bond acceptors (Lipinski definition) is 4. The van der Waals surface area contributed by atoms with Gasteiger partial charge in [0.05, 0.1) is 18.0 Å². The summed E-state index contributed by atoms with van der Waals surface area (Å²) in [6.45, 7) is 0. The monoisotopic (exact) mass is 434 g/mol. The van der Waals surface area contributed by atoms with Crippen LogP contribution in [0.25, 0.3) is 11.1 Å². The van der Waals surface area contributed by atoms with E-state index in [9.17, 15) is 23.6 Å². The number of hydrogen-bond donors (Lipinski definition) is 1. The number of carbonyl (C=O) groups is 2. The predicted molar refractivity (Wildman–Crippen MR) is 115 cm³/mol. The van der Waals surface area contributed by atoms with Crippen molar-refractivity contribution < 1.29 is 18.4 Å². The maximum absolute atomic E-state index is 14.9. The topological polar surface area (TPSA) is 70.0 Å². The molecule has 2 aromatic rings. The van der Waals surface area contributed by atoms with E-state index in [1.165, 1.54) is 12.1 Å². The summed E-state index contributed by atoms with van der Waals surface area (Å²) in [4.78, 5) is 24.4. The second-order valence-electron chi connectivity index (χ2n) is 9.39. The van der Waals surface area contributed by atoms with Gasteiger partial charge >= 0.3 is 0 Å². The number of rotatable bonds is 6. The lowest BCUT2D eigenvalue weighted by molar-refractivity contribution is -0.122. The van der Waals surface area contributed by atoms with Gasteiger partial charge in [-0.3, -0.25) is 9.59 Å². The van der Waals surface area contributed by atoms with Gasteiger partial charge in [-0.25, -0.2) is 8.78 Å². The molecule has 1 aliphatic heterocycles. The first kappa shape index (κ1) is 21.0. The molecule has 1 heterocycles. The summed E-state index contributed by atoms with van der Waals surface area (Å²) in [6, 6.07) is 10.5. The number of nitriles is 1. The van der Waals surface area contributed by atoms with Gasteiger partial charge in [0.2, 0.25) is 0 Å². The van der Waals surface area contributed by atoms with Crippen LogP contribution in [0.3, 0.4) is 0 Å². The number of Topliss-reactive ketones (excluding diaryl/α,β-unsaturated/α-hetero) is 2. The van der Waals surface area contributed by atoms with Crippen LogP contribution in [0, 0.1) is 34.8 Å². The van der Waals surface area contributed by atoms with Crippen molar-refractivity contribution in [2.24, 2.45) is 11.8 Å². The van der Waals surface area contributed by atoms with Crippen molar-refractivity contribution in [3.63, 3.8) is 0 Å². The molecule has 6 heteroatoms. The first-order valence-corrected chi connectivity index (χ1v) is 11.2. The number of fused-ring (bicyclic) bond motifs is 3. The van der Waals surface area contributed by atoms with Crippen LogP contribution in [-0.2, 0) is 28.9 Å². The van der Waals surface area contributed by atoms with E-state index in [1.807, 2.05) is 0 Å². The van der Waals surface area contributed by atoms with Crippen LogP contribution in [0.1, 0.15) is 42.4 Å². The SMILES string of the molecule is N#C[C@@H](CC(=O)[C@H]1N[C@@H]2CC[C@H]1C2)Cc1ccc(-c2ccc3c(c2)CC(=O)C3)c(F)c1F. The Labute approximate surface area is 185 Å². The third-order valence-electron chi connectivity index (χ3n) is 7.26. The molecule has 32 heavy (non-hydrogen) atoms. The number of nitrogens with one attached hydrogen (secondary N) is 1. The summed E-state index contributed by atoms with van der Waals surface area (Å²) < 4.78 is 29.8. The zero-order chi connectivity index (χ0) is 22.4. The molecule has 0 aromatic heterocycles. The van der Waals surface area contributed by atoms with Crippen LogP contribution < -0.4 is 5.32 Å². The molecule has 3 aliphatic rings. The summed E-state index contributed by atoms with van der Waals surface area (Å²) in [6.07, 6.45) is 3.87. The van der Waals surface area contributed by atoms with Crippen molar-refractivity contribution in [2.45, 2.75) is 57.0 Å². The van der Waals surface area contributed by atoms with Crippen LogP contribution >= 0.6 is 0 Å². The fraction of sp³-hybridized carbons (Fsp3) is 0.423. The van der Waals surface area contributed by atoms with Gasteiger partial charge in [-0.1, -0.05) is 30.3 Å². The Morgan fingerprint density at radius 2 is 1.94 bits per heavy atom. The molecule has 0 spiro atoms. The highest BCUT2D eigenvalue weighted by atomic mass is 19.2. The van der Waals surface area contributed by atoms with Crippen LogP contribution in [0.15, 0.2) is 30.3 Å². The largest absolute Gasteiger partial charge is 0.304 e. The molecule has 5 rings (SSSR count). The highest BCUT2D eigenvalue weighted by Crippen LogP contribution is 2.36. The van der Waals surface area contributed by atoms with Crippen molar-refractivity contribution in [1.82, 2.24) is 5.32 Å². The van der Waals surface area contributed by atoms with E-state index in [0.717, 1.165) is 30.4 Å². The number of piperidine rings is 1. The molecule has 0 unspecified atom stereocenters. The molecule has 1 saturated carbocycles. The molecule has 2 fully saturated rings. The third-order valence-corrected chi connectivity index (χ3v) is 7.26. The quantitative estimate of drug-likeness (QED) is 0.744. The summed E-state index contributed by atoms with van der Waals surface area (Å²) in [7, 11) is 0. The number of nitrogens with zero attached hydrogens (tertiary/aromatic N) is 1. The van der Waals surface area contributed by atoms with Crippen molar-refractivity contribution in [3.8, 4) is 17.2 Å². The van der Waals surface area contributed by atoms with Crippen molar-refractivity contribution in [2.75, 3.05) is 0 Å². The highest BCUT2D eigenvalue weighted by Gasteiger charge is 2.42. The maximum atomic E-state index is 14.9. The van der Waals surface area contributed by atoms with Crippen LogP contribution in [0.2, 0.25) is 0 Å². The van der Waals surface area contributed by atoms with Gasteiger partial charge in [-0.2, -0.15) is 5.26 Å². The number of carbonyl (C=O) groups excluding carboxylic acids is 2. The zero-order valence-electron chi connectivity index (χ0n) is 17.7. The summed E-state index contributed by atoms with van der Waals surface area (Å²) in [5, 5.41) is 12.9. The zero-order valence-corrected chi connectivity index (χ0v) is 17.7. The molecule has 1 N–H and O–H groups in total. The lowest BCUT2D eigenvalue weighted by Crippen LogP contribution is -2.42. The molecule has 2 aliphatic carbocycles. The first-order valence-electron chi connectivity index (χ1n) is 11.2. The fourth-order valence-electron chi connectivity index (χ4n) is 5.60. The number of ketones is 2. The average Bonchev–Trinajstić information content (AvgIpc) is 3.50. The lowest BCUT2D eigenvalue weighted by Gasteiger charge is -2.22. The van der Waals surface area contributed by atoms with E-state index in [0.29, 0.717) is 30.4 Å². The first-order chi connectivity index (χ1) is 15.4. The van der Waals surface area contributed by atoms with E-state index < -0.39 is 17.6 Å². The normalized spacial score (nSPS) is 24.4. The Morgan fingerprint density at radius 1 is 1.12 bits per heavy atom. The smallest absolute Gasteiger partial charge is 0.166 e. The van der Waals surface area contributed by atoms with Gasteiger partial charge < -0.3 is 5.32 Å². The number of benzene rings is 2. The van der Waals surface area contributed by atoms with Gasteiger partial charge in [0.15, 0.2) is 17.4 Å². The Morgan fingerprint density at radius 3 is 2.66 bits per heavy atom. The summed E-state index contributed by atoms with van der Waals surface area (Å²) >= 11 is 0. The van der Waals surface area contributed by atoms with E-state index in [2.05, 4.69) is 11.4 Å². The van der Waals surface area contributed by atoms with Crippen LogP contribution in [0.4, 0.5) is 8.78 Å². The van der Waals surface area contributed by atoms with E-state index in [1.54, 1.807) is 18.2 Å². The van der Waals surface area contributed by atoms with E-state index >= 15 is 0 Å². The predicted octanol–water partition coefficient (Wildman–Crippen LogP) is 4.08. The molecule has 0 radical (unpaired) electrons. The van der Waals surface area contributed by atoms with Gasteiger partial charge in [0.25, 0.3) is 0 Å². The number of halogens is 2. The summed E-state index contributed by atoms with van der Waals surface area (Å²) in [5.41, 5.74) is 2.54. The Hall–Kier alpha value is -2.91. The summed E-state index contributed by atoms with van der Waals surface area (Å²) in [5.74, 6) is -2.20. The molecule has 2 bridgehead atoms. The maximum Gasteiger partial charge on any atom is 0.166 e. The second-order valence-corrected chi connectivity index (χ2v) is 9.39. The molecule has 164 valence electrons. The van der Waals surface area contributed by atoms with Crippen LogP contribution in [0.5, 0.6) is 0 Å². The molecule has 4 atom stereocenters. The molecule has 2 aromatic carbocycles. The second kappa shape index (κ2) is 8.22. The Balaban J connectivity index is 1.32. The van der Waals surface area contributed by atoms with Crippen molar-refractivity contribution >= 4 is 11.6 Å². The fourth-order valence-corrected chi connectivity index (χ4v) is 5.60. The molecule has 1 saturated heterocycles. The molecule has 0 amide bonds. The van der Waals surface area contributed by atoms with Gasteiger partial charge in [0, 0.05) is 30.9 Å². The van der Waals surface area contributed by atoms with Crippen molar-refractivity contribution in [3.05, 3.63) is 58.7 Å². The molecular formula is C26H24F2N2O2. The standard InChI is InChI=1S/C26H24F2N2O2/c27-24-17(7-14(13-29)8-23(32)26-18-3-5-20(10-18)30-26)4-6-22(25(24)28)16-2-1-15-11-21(31)12-19(15)9-16/h1-2,4,6,9,14,18,20,26,30H,3,5,7-8,10-12H2/t14-,18+,20-,26+/m1/s1. The highest BCUT2D eigenvalue weighted by molar-refractivity contribution is 5.89. The van der Waals surface area contributed by atoms with Gasteiger partial charge in [-0.05, 0) is 53.9 Å². The van der Waals surface area contributed by atoms with E-state index in [4.69, 9.17) is 0 Å². The third kappa shape index (κ3) is 3.75. The van der Waals surface area contributed by atoms with Crippen molar-refractivity contribution in [1.29, 1.82) is 5.26 Å². The average molecular weight is 434 g/mol. The molecule has 4 nitrogen and oxygen atoms in total. The van der Waals surface area contributed by atoms with Crippen LogP contribution in [-0.4, -0.2) is 23.7 Å².